The van der Waals surface area contributed by atoms with Crippen LogP contribution in [0.2, 0.25) is 0 Å². The van der Waals surface area contributed by atoms with Crippen molar-refractivity contribution in [2.75, 3.05) is 0 Å². The fourth-order valence-corrected chi connectivity index (χ4v) is 2.28. The summed E-state index contributed by atoms with van der Waals surface area (Å²) in [5, 5.41) is 9.36. The van der Waals surface area contributed by atoms with Gasteiger partial charge in [0.15, 0.2) is 11.5 Å². The smallest absolute Gasteiger partial charge is 0.171 e. The molecule has 0 aliphatic carbocycles. The Bertz CT molecular complexity index is 912. The molecule has 0 aliphatic heterocycles. The van der Waals surface area contributed by atoms with Crippen LogP contribution in [0.4, 0.5) is 4.39 Å². The molecule has 0 amide bonds. The fraction of sp³-hybridized carbons (Fsp3) is 0. The summed E-state index contributed by atoms with van der Waals surface area (Å²) in [7, 11) is 0. The molecule has 5 heteroatoms. The van der Waals surface area contributed by atoms with Crippen LogP contribution < -0.4 is 0 Å². The number of hydrogen-bond acceptors (Lipinski definition) is 3. The van der Waals surface area contributed by atoms with E-state index in [1.54, 1.807) is 18.5 Å². The summed E-state index contributed by atoms with van der Waals surface area (Å²) >= 11 is 0. The van der Waals surface area contributed by atoms with Gasteiger partial charge in [-0.15, -0.1) is 10.2 Å². The highest BCUT2D eigenvalue weighted by Crippen LogP contribution is 2.22. The summed E-state index contributed by atoms with van der Waals surface area (Å²) < 4.78 is 14.8. The molecule has 0 atom stereocenters. The number of benzene rings is 2. The Morgan fingerprint density at radius 1 is 0.900 bits per heavy atom. The summed E-state index contributed by atoms with van der Waals surface area (Å²) in [6, 6.07) is 13.9. The molecule has 20 heavy (non-hydrogen) atoms. The Balaban J connectivity index is 2.02. The van der Waals surface area contributed by atoms with E-state index in [1.807, 2.05) is 28.7 Å². The maximum atomic E-state index is 13.0. The van der Waals surface area contributed by atoms with Crippen LogP contribution in [0, 0.1) is 5.82 Å². The molecule has 4 nitrogen and oxygen atoms in total. The van der Waals surface area contributed by atoms with Gasteiger partial charge in [0.1, 0.15) is 12.1 Å². The predicted octanol–water partition coefficient (Wildman–Crippen LogP) is 3.08. The monoisotopic (exact) mass is 264 g/mol. The number of hydrogen-bond donors (Lipinski definition) is 0. The Labute approximate surface area is 113 Å². The molecule has 96 valence electrons. The molecule has 0 aliphatic rings. The van der Waals surface area contributed by atoms with Crippen molar-refractivity contribution in [1.82, 2.24) is 19.6 Å². The SMILES string of the molecule is Fc1ccc(-c2nnc3c4ccccc4ncn23)cc1. The van der Waals surface area contributed by atoms with E-state index in [0.29, 0.717) is 5.82 Å². The third-order valence-corrected chi connectivity index (χ3v) is 3.26. The van der Waals surface area contributed by atoms with Crippen LogP contribution in [0.15, 0.2) is 54.9 Å². The van der Waals surface area contributed by atoms with Crippen molar-refractivity contribution in [2.24, 2.45) is 0 Å². The van der Waals surface area contributed by atoms with Crippen molar-refractivity contribution in [3.8, 4) is 11.4 Å². The topological polar surface area (TPSA) is 43.1 Å². The quantitative estimate of drug-likeness (QED) is 0.530. The van der Waals surface area contributed by atoms with E-state index in [0.717, 1.165) is 22.1 Å². The fourth-order valence-electron chi connectivity index (χ4n) is 2.28. The standard InChI is InChI=1S/C15H9FN4/c16-11-7-5-10(6-8-11)14-18-19-15-12-3-1-2-4-13(12)17-9-20(14)15/h1-9H. The van der Waals surface area contributed by atoms with Crippen LogP contribution in [0.1, 0.15) is 0 Å². The van der Waals surface area contributed by atoms with E-state index in [1.165, 1.54) is 12.1 Å². The van der Waals surface area contributed by atoms with E-state index in [-0.39, 0.29) is 5.82 Å². The second kappa shape index (κ2) is 4.09. The van der Waals surface area contributed by atoms with E-state index in [9.17, 15) is 4.39 Å². The Morgan fingerprint density at radius 3 is 2.55 bits per heavy atom. The number of nitrogens with zero attached hydrogens (tertiary/aromatic N) is 4. The molecule has 0 bridgehead atoms. The lowest BCUT2D eigenvalue weighted by Gasteiger charge is -2.01. The van der Waals surface area contributed by atoms with Crippen molar-refractivity contribution in [2.45, 2.75) is 0 Å². The Kier molecular flexibility index (Phi) is 2.26. The van der Waals surface area contributed by atoms with E-state index < -0.39 is 0 Å². The van der Waals surface area contributed by atoms with Gasteiger partial charge in [-0.1, -0.05) is 12.1 Å². The molecule has 0 radical (unpaired) electrons. The Hall–Kier alpha value is -2.82. The van der Waals surface area contributed by atoms with Gasteiger partial charge in [0.25, 0.3) is 0 Å². The van der Waals surface area contributed by atoms with Crippen LogP contribution in [0.25, 0.3) is 27.9 Å². The molecular formula is C15H9FN4. The van der Waals surface area contributed by atoms with E-state index in [4.69, 9.17) is 0 Å². The summed E-state index contributed by atoms with van der Waals surface area (Å²) in [5.74, 6) is 0.379. The second-order valence-corrected chi connectivity index (χ2v) is 4.49. The van der Waals surface area contributed by atoms with Gasteiger partial charge in [-0.25, -0.2) is 9.37 Å². The molecule has 4 rings (SSSR count). The van der Waals surface area contributed by atoms with Crippen molar-refractivity contribution in [3.05, 3.63) is 60.7 Å². The molecule has 2 heterocycles. The number of aromatic nitrogens is 4. The number of halogens is 1. The molecule has 0 saturated heterocycles. The highest BCUT2D eigenvalue weighted by Gasteiger charge is 2.10. The normalized spacial score (nSPS) is 11.2. The second-order valence-electron chi connectivity index (χ2n) is 4.49. The van der Waals surface area contributed by atoms with Gasteiger partial charge in [-0.05, 0) is 36.4 Å². The maximum Gasteiger partial charge on any atom is 0.171 e. The molecule has 2 aromatic carbocycles. The summed E-state index contributed by atoms with van der Waals surface area (Å²) in [6.07, 6.45) is 1.69. The van der Waals surface area contributed by atoms with Gasteiger partial charge < -0.3 is 0 Å². The zero-order valence-corrected chi connectivity index (χ0v) is 10.4. The minimum absolute atomic E-state index is 0.272. The van der Waals surface area contributed by atoms with Gasteiger partial charge >= 0.3 is 0 Å². The van der Waals surface area contributed by atoms with Crippen molar-refractivity contribution >= 4 is 16.6 Å². The lowest BCUT2D eigenvalue weighted by Crippen LogP contribution is -1.92. The van der Waals surface area contributed by atoms with Crippen molar-refractivity contribution < 1.29 is 4.39 Å². The zero-order valence-electron chi connectivity index (χ0n) is 10.4. The summed E-state index contributed by atoms with van der Waals surface area (Å²) in [5.41, 5.74) is 2.42. The van der Waals surface area contributed by atoms with E-state index >= 15 is 0 Å². The highest BCUT2D eigenvalue weighted by atomic mass is 19.1. The first-order chi connectivity index (χ1) is 9.83. The number of para-hydroxylation sites is 1. The molecule has 2 aromatic heterocycles. The van der Waals surface area contributed by atoms with Gasteiger partial charge in [0.2, 0.25) is 0 Å². The number of fused-ring (bicyclic) bond motifs is 3. The van der Waals surface area contributed by atoms with Gasteiger partial charge in [-0.2, -0.15) is 0 Å². The first-order valence-corrected chi connectivity index (χ1v) is 6.17. The van der Waals surface area contributed by atoms with E-state index in [2.05, 4.69) is 15.2 Å². The third kappa shape index (κ3) is 1.56. The molecular weight excluding hydrogens is 255 g/mol. The van der Waals surface area contributed by atoms with Crippen LogP contribution in [0.3, 0.4) is 0 Å². The average molecular weight is 264 g/mol. The predicted molar refractivity (Wildman–Crippen MR) is 73.7 cm³/mol. The largest absolute Gasteiger partial charge is 0.265 e. The Morgan fingerprint density at radius 2 is 1.70 bits per heavy atom. The minimum atomic E-state index is -0.272. The highest BCUT2D eigenvalue weighted by molar-refractivity contribution is 5.91. The van der Waals surface area contributed by atoms with Gasteiger partial charge in [-0.3, -0.25) is 4.40 Å². The van der Waals surface area contributed by atoms with Gasteiger partial charge in [0.05, 0.1) is 5.52 Å². The van der Waals surface area contributed by atoms with Crippen LogP contribution >= 0.6 is 0 Å². The van der Waals surface area contributed by atoms with Crippen LogP contribution in [0.5, 0.6) is 0 Å². The molecule has 0 unspecified atom stereocenters. The molecule has 0 fully saturated rings. The summed E-state index contributed by atoms with van der Waals surface area (Å²) in [4.78, 5) is 4.39. The van der Waals surface area contributed by atoms with Crippen LogP contribution in [-0.2, 0) is 0 Å². The molecule has 0 spiro atoms. The third-order valence-electron chi connectivity index (χ3n) is 3.26. The average Bonchev–Trinajstić information content (AvgIpc) is 2.92. The minimum Gasteiger partial charge on any atom is -0.265 e. The molecule has 0 saturated carbocycles. The lowest BCUT2D eigenvalue weighted by molar-refractivity contribution is 0.628. The van der Waals surface area contributed by atoms with Gasteiger partial charge in [0, 0.05) is 10.9 Å². The number of rotatable bonds is 1. The van der Waals surface area contributed by atoms with Crippen molar-refractivity contribution in [1.29, 1.82) is 0 Å². The first kappa shape index (κ1) is 11.0. The molecule has 0 N–H and O–H groups in total. The van der Waals surface area contributed by atoms with Crippen molar-refractivity contribution in [3.63, 3.8) is 0 Å². The molecule has 4 aromatic rings. The first-order valence-electron chi connectivity index (χ1n) is 6.17. The lowest BCUT2D eigenvalue weighted by atomic mass is 10.2. The van der Waals surface area contributed by atoms with Crippen LogP contribution in [-0.4, -0.2) is 19.6 Å². The zero-order chi connectivity index (χ0) is 13.5. The summed E-state index contributed by atoms with van der Waals surface area (Å²) in [6.45, 7) is 0. The maximum absolute atomic E-state index is 13.0.